The topological polar surface area (TPSA) is 51.5 Å². The third kappa shape index (κ3) is 3.42. The van der Waals surface area contributed by atoms with Crippen molar-refractivity contribution < 1.29 is 13.9 Å². The molecule has 1 aromatic heterocycles. The van der Waals surface area contributed by atoms with Crippen molar-refractivity contribution in [3.63, 3.8) is 0 Å². The Balaban J connectivity index is 2.14. The van der Waals surface area contributed by atoms with Gasteiger partial charge in [0.25, 0.3) is 5.91 Å². The Morgan fingerprint density at radius 2 is 2.10 bits per heavy atom. The van der Waals surface area contributed by atoms with Crippen LogP contribution in [0.15, 0.2) is 39.6 Å². The van der Waals surface area contributed by atoms with Gasteiger partial charge >= 0.3 is 0 Å². The molecule has 0 bridgehead atoms. The number of carbonyl (C=O) groups excluding carboxylic acids is 1. The van der Waals surface area contributed by atoms with Crippen molar-refractivity contribution in [3.05, 3.63) is 46.3 Å². The quantitative estimate of drug-likeness (QED) is 0.899. The number of hydrogen-bond acceptors (Lipinski definition) is 3. The molecule has 1 amide bonds. The molecule has 2 aromatic rings. The number of aryl methyl sites for hydroxylation is 1. The molecule has 0 saturated carbocycles. The Labute approximate surface area is 126 Å². The van der Waals surface area contributed by atoms with Crippen LogP contribution >= 0.6 is 15.9 Å². The first kappa shape index (κ1) is 14.7. The normalized spacial score (nSPS) is 10.7. The van der Waals surface area contributed by atoms with Gasteiger partial charge in [0.15, 0.2) is 4.67 Å². The van der Waals surface area contributed by atoms with Crippen molar-refractivity contribution in [2.45, 2.75) is 26.9 Å². The molecule has 1 heterocycles. The maximum Gasteiger partial charge on any atom is 0.260 e. The van der Waals surface area contributed by atoms with E-state index in [1.165, 1.54) is 6.26 Å². The number of furan rings is 1. The number of nitrogens with one attached hydrogen (secondary N) is 1. The van der Waals surface area contributed by atoms with Crippen molar-refractivity contribution in [2.75, 3.05) is 5.32 Å². The van der Waals surface area contributed by atoms with E-state index in [1.54, 1.807) is 6.07 Å². The van der Waals surface area contributed by atoms with Crippen LogP contribution < -0.4 is 10.1 Å². The van der Waals surface area contributed by atoms with E-state index in [0.717, 1.165) is 17.0 Å². The number of rotatable bonds is 4. The molecule has 0 aliphatic heterocycles. The van der Waals surface area contributed by atoms with E-state index >= 15 is 0 Å². The number of amides is 1. The number of anilines is 1. The highest BCUT2D eigenvalue weighted by Crippen LogP contribution is 2.24. The Kier molecular flexibility index (Phi) is 4.49. The predicted octanol–water partition coefficient (Wildman–Crippen LogP) is 4.39. The molecular formula is C15H16BrNO3. The summed E-state index contributed by atoms with van der Waals surface area (Å²) in [6.45, 7) is 5.87. The van der Waals surface area contributed by atoms with Gasteiger partial charge in [-0.3, -0.25) is 4.79 Å². The Morgan fingerprint density at radius 3 is 2.65 bits per heavy atom. The maximum atomic E-state index is 12.1. The third-order valence-corrected chi connectivity index (χ3v) is 3.29. The van der Waals surface area contributed by atoms with E-state index in [1.807, 2.05) is 39.0 Å². The minimum atomic E-state index is -0.216. The van der Waals surface area contributed by atoms with Crippen molar-refractivity contribution in [1.29, 1.82) is 0 Å². The lowest BCUT2D eigenvalue weighted by molar-refractivity contribution is 0.102. The van der Waals surface area contributed by atoms with E-state index in [-0.39, 0.29) is 12.0 Å². The molecule has 1 N–H and O–H groups in total. The summed E-state index contributed by atoms with van der Waals surface area (Å²) in [5.74, 6) is 0.575. The average molecular weight is 338 g/mol. The van der Waals surface area contributed by atoms with Crippen LogP contribution in [-0.2, 0) is 0 Å². The Morgan fingerprint density at radius 1 is 1.35 bits per heavy atom. The molecule has 4 nitrogen and oxygen atoms in total. The largest absolute Gasteiger partial charge is 0.491 e. The zero-order chi connectivity index (χ0) is 14.7. The molecule has 0 aliphatic carbocycles. The van der Waals surface area contributed by atoms with Crippen LogP contribution in [0, 0.1) is 6.92 Å². The van der Waals surface area contributed by atoms with Crippen LogP contribution in [0.3, 0.4) is 0 Å². The van der Waals surface area contributed by atoms with E-state index in [2.05, 4.69) is 21.2 Å². The van der Waals surface area contributed by atoms with Crippen molar-refractivity contribution in [2.24, 2.45) is 0 Å². The van der Waals surface area contributed by atoms with Crippen molar-refractivity contribution >= 4 is 27.5 Å². The minimum absolute atomic E-state index is 0.122. The Bertz CT molecular complexity index is 619. The highest BCUT2D eigenvalue weighted by atomic mass is 79.9. The molecule has 0 fully saturated rings. The second-order valence-electron chi connectivity index (χ2n) is 4.71. The molecule has 2 rings (SSSR count). The highest BCUT2D eigenvalue weighted by molar-refractivity contribution is 9.10. The first-order valence-corrected chi connectivity index (χ1v) is 7.08. The summed E-state index contributed by atoms with van der Waals surface area (Å²) in [5.41, 5.74) is 2.15. The molecule has 0 radical (unpaired) electrons. The zero-order valence-electron chi connectivity index (χ0n) is 11.6. The van der Waals surface area contributed by atoms with Gasteiger partial charge in [-0.1, -0.05) is 0 Å². The maximum absolute atomic E-state index is 12.1. The van der Waals surface area contributed by atoms with Gasteiger partial charge in [0.1, 0.15) is 5.75 Å². The second-order valence-corrected chi connectivity index (χ2v) is 5.43. The van der Waals surface area contributed by atoms with E-state index in [9.17, 15) is 4.79 Å². The fraction of sp³-hybridized carbons (Fsp3) is 0.267. The molecule has 0 atom stereocenters. The van der Waals surface area contributed by atoms with Gasteiger partial charge in [0, 0.05) is 5.69 Å². The number of hydrogen-bond donors (Lipinski definition) is 1. The van der Waals surface area contributed by atoms with Gasteiger partial charge in [-0.05, 0) is 66.5 Å². The fourth-order valence-electron chi connectivity index (χ4n) is 1.77. The lowest BCUT2D eigenvalue weighted by Gasteiger charge is -2.13. The lowest BCUT2D eigenvalue weighted by Crippen LogP contribution is -2.12. The van der Waals surface area contributed by atoms with E-state index in [0.29, 0.717) is 10.2 Å². The molecule has 0 aliphatic rings. The standard InChI is InChI=1S/C15H16BrNO3/c1-9(2)20-11-4-5-13(10(3)8-11)17-15(18)12-6-7-19-14(12)16/h4-9H,1-3H3,(H,17,18). The summed E-state index contributed by atoms with van der Waals surface area (Å²) in [6.07, 6.45) is 1.59. The lowest BCUT2D eigenvalue weighted by atomic mass is 10.2. The van der Waals surface area contributed by atoms with Gasteiger partial charge in [-0.25, -0.2) is 0 Å². The molecule has 5 heteroatoms. The van der Waals surface area contributed by atoms with Gasteiger partial charge in [0.05, 0.1) is 17.9 Å². The summed E-state index contributed by atoms with van der Waals surface area (Å²) in [6, 6.07) is 7.19. The number of halogens is 1. The highest BCUT2D eigenvalue weighted by Gasteiger charge is 2.14. The van der Waals surface area contributed by atoms with Gasteiger partial charge in [0.2, 0.25) is 0 Å². The van der Waals surface area contributed by atoms with Crippen LogP contribution in [0.4, 0.5) is 5.69 Å². The van der Waals surface area contributed by atoms with Crippen LogP contribution in [0.2, 0.25) is 0 Å². The fourth-order valence-corrected chi connectivity index (χ4v) is 2.19. The predicted molar refractivity (Wildman–Crippen MR) is 81.3 cm³/mol. The molecular weight excluding hydrogens is 322 g/mol. The first-order chi connectivity index (χ1) is 9.47. The zero-order valence-corrected chi connectivity index (χ0v) is 13.2. The Hall–Kier alpha value is -1.75. The first-order valence-electron chi connectivity index (χ1n) is 6.29. The molecule has 0 saturated heterocycles. The molecule has 0 unspecified atom stereocenters. The van der Waals surface area contributed by atoms with Crippen LogP contribution in [-0.4, -0.2) is 12.0 Å². The number of carbonyl (C=O) groups is 1. The van der Waals surface area contributed by atoms with Crippen molar-refractivity contribution in [3.8, 4) is 5.75 Å². The summed E-state index contributed by atoms with van der Waals surface area (Å²) in [4.78, 5) is 12.1. The SMILES string of the molecule is Cc1cc(OC(C)C)ccc1NC(=O)c1ccoc1Br. The van der Waals surface area contributed by atoms with Crippen molar-refractivity contribution in [1.82, 2.24) is 0 Å². The second kappa shape index (κ2) is 6.13. The summed E-state index contributed by atoms with van der Waals surface area (Å²) in [5, 5.41) is 2.85. The smallest absolute Gasteiger partial charge is 0.260 e. The summed E-state index contributed by atoms with van der Waals surface area (Å²) >= 11 is 3.19. The van der Waals surface area contributed by atoms with Gasteiger partial charge in [-0.15, -0.1) is 0 Å². The van der Waals surface area contributed by atoms with Crippen LogP contribution in [0.25, 0.3) is 0 Å². The van der Waals surface area contributed by atoms with E-state index in [4.69, 9.17) is 9.15 Å². The summed E-state index contributed by atoms with van der Waals surface area (Å²) < 4.78 is 11.1. The van der Waals surface area contributed by atoms with Crippen LogP contribution in [0.1, 0.15) is 29.8 Å². The van der Waals surface area contributed by atoms with Gasteiger partial charge in [-0.2, -0.15) is 0 Å². The third-order valence-electron chi connectivity index (χ3n) is 2.68. The summed E-state index contributed by atoms with van der Waals surface area (Å²) in [7, 11) is 0. The minimum Gasteiger partial charge on any atom is -0.491 e. The monoisotopic (exact) mass is 337 g/mol. The van der Waals surface area contributed by atoms with Crippen LogP contribution in [0.5, 0.6) is 5.75 Å². The molecule has 20 heavy (non-hydrogen) atoms. The van der Waals surface area contributed by atoms with Gasteiger partial charge < -0.3 is 14.5 Å². The number of ether oxygens (including phenoxy) is 1. The van der Waals surface area contributed by atoms with E-state index < -0.39 is 0 Å². The molecule has 106 valence electrons. The average Bonchev–Trinajstić information content (AvgIpc) is 2.78. The molecule has 1 aromatic carbocycles. The molecule has 0 spiro atoms. The number of benzene rings is 1.